The monoisotopic (exact) mass is 501 g/mol. The van der Waals surface area contributed by atoms with E-state index in [1.807, 2.05) is 0 Å². The first-order valence-electron chi connectivity index (χ1n) is 11.5. The highest BCUT2D eigenvalue weighted by atomic mass is 16.5. The average molecular weight is 502 g/mol. The summed E-state index contributed by atoms with van der Waals surface area (Å²) < 4.78 is 5.16. The minimum Gasteiger partial charge on any atom is -0.510 e. The Kier molecular flexibility index (Phi) is 6.14. The molecule has 0 aliphatic heterocycles. The maximum atomic E-state index is 13.8. The van der Waals surface area contributed by atoms with Crippen molar-refractivity contribution < 1.29 is 39.5 Å². The topological polar surface area (TPSA) is 174 Å². The molecule has 0 fully saturated rings. The van der Waals surface area contributed by atoms with Crippen molar-refractivity contribution in [1.82, 2.24) is 4.90 Å². The molecule has 1 aromatic rings. The number of Topliss-reactive ketones (excluding diaryl/α,β-unsaturated/α-hetero) is 2. The number of carbonyl (C=O) groups is 3. The zero-order valence-electron chi connectivity index (χ0n) is 20.8. The van der Waals surface area contributed by atoms with E-state index in [9.17, 15) is 34.8 Å². The third-order valence-electron chi connectivity index (χ3n) is 7.56. The van der Waals surface area contributed by atoms with Gasteiger partial charge in [0.25, 0.3) is 5.91 Å². The van der Waals surface area contributed by atoms with Crippen molar-refractivity contribution >= 4 is 23.2 Å². The quantitative estimate of drug-likeness (QED) is 0.354. The highest BCUT2D eigenvalue weighted by Crippen LogP contribution is 2.53. The Labute approximate surface area is 208 Å². The van der Waals surface area contributed by atoms with E-state index in [0.29, 0.717) is 16.8 Å². The molecule has 0 bridgehead atoms. The number of ketones is 2. The highest BCUT2D eigenvalue weighted by Gasteiger charge is 2.63. The van der Waals surface area contributed by atoms with Crippen LogP contribution in [0.2, 0.25) is 0 Å². The van der Waals surface area contributed by atoms with Crippen LogP contribution in [0.15, 0.2) is 28.7 Å². The number of aromatic hydroxyl groups is 1. The van der Waals surface area contributed by atoms with Crippen LogP contribution in [0.1, 0.15) is 27.9 Å². The van der Waals surface area contributed by atoms with Gasteiger partial charge in [-0.2, -0.15) is 0 Å². The number of aliphatic hydroxyl groups is 3. The SMILES string of the molecule is COCc1cc(N(C)C)c2c(c1O)C(=O)C1=C(O)[C@]3(O)C(=O)C(C(N)=O)=C(O)[C@H](N(C)C)[C@@H]3C[C@@H]1C2. The molecule has 3 aliphatic rings. The van der Waals surface area contributed by atoms with Gasteiger partial charge in [-0.15, -0.1) is 0 Å². The molecule has 0 spiro atoms. The Morgan fingerprint density at radius 1 is 1.19 bits per heavy atom. The fraction of sp³-hybridized carbons (Fsp3) is 0.480. The molecule has 0 unspecified atom stereocenters. The Morgan fingerprint density at radius 3 is 2.36 bits per heavy atom. The van der Waals surface area contributed by atoms with E-state index < -0.39 is 58.0 Å². The number of hydrogen-bond donors (Lipinski definition) is 5. The summed E-state index contributed by atoms with van der Waals surface area (Å²) in [5.74, 6) is -6.70. The van der Waals surface area contributed by atoms with Gasteiger partial charge in [-0.1, -0.05) is 0 Å². The normalized spacial score (nSPS) is 27.7. The zero-order chi connectivity index (χ0) is 26.9. The van der Waals surface area contributed by atoms with Crippen molar-refractivity contribution in [3.05, 3.63) is 45.4 Å². The standard InChI is InChI=1S/C25H31N3O8/c1-27(2)14-8-11(9-36-5)19(29)16-12(14)6-10-7-13-18(28(3)4)21(31)17(24(26)34)23(33)25(13,35)22(32)15(10)20(16)30/h8,10,13,18,29,31-32,35H,6-7,9H2,1-5H3,(H2,26,34)/t10-,13-,18+,25-/m0/s1. The van der Waals surface area contributed by atoms with Crippen molar-refractivity contribution in [3.63, 3.8) is 0 Å². The second kappa shape index (κ2) is 8.61. The van der Waals surface area contributed by atoms with Gasteiger partial charge < -0.3 is 35.8 Å². The molecule has 1 aromatic carbocycles. The highest BCUT2D eigenvalue weighted by molar-refractivity contribution is 6.24. The number of fused-ring (bicyclic) bond motifs is 3. The van der Waals surface area contributed by atoms with E-state index in [0.717, 1.165) is 0 Å². The predicted octanol–water partition coefficient (Wildman–Crippen LogP) is 0.333. The molecule has 4 atom stereocenters. The molecule has 1 amide bonds. The van der Waals surface area contributed by atoms with Crippen LogP contribution in [0, 0.1) is 11.8 Å². The third kappa shape index (κ3) is 3.34. The number of hydrogen-bond acceptors (Lipinski definition) is 10. The summed E-state index contributed by atoms with van der Waals surface area (Å²) in [6, 6.07) is 0.709. The molecule has 0 heterocycles. The van der Waals surface area contributed by atoms with Gasteiger partial charge in [-0.3, -0.25) is 19.3 Å². The largest absolute Gasteiger partial charge is 0.510 e. The number of phenolic OH excluding ortho intramolecular Hbond substituents is 1. The summed E-state index contributed by atoms with van der Waals surface area (Å²) in [6.07, 6.45) is 0.266. The lowest BCUT2D eigenvalue weighted by atomic mass is 9.58. The van der Waals surface area contributed by atoms with E-state index >= 15 is 0 Å². The third-order valence-corrected chi connectivity index (χ3v) is 7.56. The lowest BCUT2D eigenvalue weighted by molar-refractivity contribution is -0.148. The minimum absolute atomic E-state index is 0.0305. The molecular weight excluding hydrogens is 470 g/mol. The molecule has 0 saturated heterocycles. The van der Waals surface area contributed by atoms with Crippen LogP contribution in [0.3, 0.4) is 0 Å². The molecule has 4 rings (SSSR count). The van der Waals surface area contributed by atoms with Gasteiger partial charge in [-0.25, -0.2) is 0 Å². The molecule has 3 aliphatic carbocycles. The number of nitrogens with zero attached hydrogens (tertiary/aromatic N) is 2. The van der Waals surface area contributed by atoms with E-state index in [1.54, 1.807) is 39.2 Å². The number of ether oxygens (including phenoxy) is 1. The van der Waals surface area contributed by atoms with Crippen LogP contribution in [-0.4, -0.2) is 89.7 Å². The number of anilines is 1. The summed E-state index contributed by atoms with van der Waals surface area (Å²) >= 11 is 0. The summed E-state index contributed by atoms with van der Waals surface area (Å²) in [7, 11) is 8.23. The van der Waals surface area contributed by atoms with Crippen molar-refractivity contribution in [3.8, 4) is 5.75 Å². The second-order valence-electron chi connectivity index (χ2n) is 10.0. The number of rotatable bonds is 5. The van der Waals surface area contributed by atoms with Crippen molar-refractivity contribution in [2.45, 2.75) is 31.1 Å². The Morgan fingerprint density at radius 2 is 1.83 bits per heavy atom. The van der Waals surface area contributed by atoms with Crippen LogP contribution >= 0.6 is 0 Å². The van der Waals surface area contributed by atoms with E-state index in [1.165, 1.54) is 12.0 Å². The number of amides is 1. The Hall–Kier alpha value is -3.41. The second-order valence-corrected chi connectivity index (χ2v) is 10.0. The van der Waals surface area contributed by atoms with Crippen LogP contribution in [0.25, 0.3) is 0 Å². The first-order valence-corrected chi connectivity index (χ1v) is 11.5. The summed E-state index contributed by atoms with van der Waals surface area (Å²) in [5.41, 5.74) is 3.25. The van der Waals surface area contributed by atoms with E-state index in [4.69, 9.17) is 10.5 Å². The van der Waals surface area contributed by atoms with Crippen LogP contribution < -0.4 is 10.6 Å². The predicted molar refractivity (Wildman–Crippen MR) is 129 cm³/mol. The van der Waals surface area contributed by atoms with Gasteiger partial charge >= 0.3 is 0 Å². The number of aliphatic hydroxyl groups excluding tert-OH is 2. The summed E-state index contributed by atoms with van der Waals surface area (Å²) in [4.78, 5) is 42.5. The Balaban J connectivity index is 1.99. The number of methoxy groups -OCH3 is 1. The van der Waals surface area contributed by atoms with Gasteiger partial charge in [-0.05, 0) is 44.5 Å². The molecule has 0 saturated carbocycles. The van der Waals surface area contributed by atoms with Crippen molar-refractivity contribution in [2.75, 3.05) is 40.2 Å². The fourth-order valence-electron chi connectivity index (χ4n) is 6.02. The van der Waals surface area contributed by atoms with Crippen LogP contribution in [0.5, 0.6) is 5.75 Å². The van der Waals surface area contributed by atoms with Gasteiger partial charge in [0.05, 0.1) is 18.2 Å². The first-order chi connectivity index (χ1) is 16.8. The molecule has 0 radical (unpaired) electrons. The maximum Gasteiger partial charge on any atom is 0.255 e. The van der Waals surface area contributed by atoms with Gasteiger partial charge in [0, 0.05) is 43.9 Å². The fourth-order valence-corrected chi connectivity index (χ4v) is 6.02. The van der Waals surface area contributed by atoms with Gasteiger partial charge in [0.1, 0.15) is 22.8 Å². The molecule has 11 heteroatoms. The summed E-state index contributed by atoms with van der Waals surface area (Å²) in [6.45, 7) is 0.0305. The number of phenols is 1. The van der Waals surface area contributed by atoms with Crippen LogP contribution in [-0.2, 0) is 27.4 Å². The van der Waals surface area contributed by atoms with Crippen molar-refractivity contribution in [2.24, 2.45) is 17.6 Å². The van der Waals surface area contributed by atoms with Crippen molar-refractivity contribution in [1.29, 1.82) is 0 Å². The molecule has 36 heavy (non-hydrogen) atoms. The van der Waals surface area contributed by atoms with E-state index in [2.05, 4.69) is 0 Å². The molecular formula is C25H31N3O8. The number of likely N-dealkylation sites (N-methyl/N-ethyl adjacent to an activating group) is 1. The summed E-state index contributed by atoms with van der Waals surface area (Å²) in [5, 5.41) is 44.8. The average Bonchev–Trinajstić information content (AvgIpc) is 2.77. The Bertz CT molecular complexity index is 1250. The zero-order valence-corrected chi connectivity index (χ0v) is 20.8. The lowest BCUT2D eigenvalue weighted by Crippen LogP contribution is -2.63. The molecule has 6 N–H and O–H groups in total. The number of carbonyl (C=O) groups excluding carboxylic acids is 3. The number of primary amides is 1. The molecule has 0 aromatic heterocycles. The smallest absolute Gasteiger partial charge is 0.255 e. The van der Waals surface area contributed by atoms with Gasteiger partial charge in [0.15, 0.2) is 11.4 Å². The maximum absolute atomic E-state index is 13.8. The molecule has 194 valence electrons. The number of benzene rings is 1. The van der Waals surface area contributed by atoms with E-state index in [-0.39, 0.29) is 36.3 Å². The first kappa shape index (κ1) is 25.7. The number of nitrogens with two attached hydrogens (primary N) is 1. The molecule has 11 nitrogen and oxygen atoms in total. The lowest BCUT2D eigenvalue weighted by Gasteiger charge is -2.50. The van der Waals surface area contributed by atoms with Gasteiger partial charge in [0.2, 0.25) is 5.78 Å². The van der Waals surface area contributed by atoms with Crippen LogP contribution in [0.4, 0.5) is 5.69 Å². The minimum atomic E-state index is -2.66. The number of allylic oxidation sites excluding steroid dienone is 1.